The van der Waals surface area contributed by atoms with E-state index >= 15 is 0 Å². The minimum Gasteiger partial charge on any atom is -0.303 e. The molecule has 0 amide bonds. The summed E-state index contributed by atoms with van der Waals surface area (Å²) in [6, 6.07) is 3.74. The highest BCUT2D eigenvalue weighted by Crippen LogP contribution is 2.33. The third kappa shape index (κ3) is 2.57. The Balaban J connectivity index is 3.22. The quantitative estimate of drug-likeness (QED) is 0.752. The van der Waals surface area contributed by atoms with E-state index in [1.54, 1.807) is 0 Å². The predicted molar refractivity (Wildman–Crippen MR) is 48.9 cm³/mol. The van der Waals surface area contributed by atoms with E-state index in [1.807, 2.05) is 0 Å². The average Bonchev–Trinajstić information content (AvgIpc) is 2.07. The second kappa shape index (κ2) is 4.13. The Labute approximate surface area is 87.1 Å². The summed E-state index contributed by atoms with van der Waals surface area (Å²) < 4.78 is 37.6. The minimum atomic E-state index is -4.41. The summed E-state index contributed by atoms with van der Waals surface area (Å²) in [5.74, 6) is 0. The lowest BCUT2D eigenvalue weighted by molar-refractivity contribution is -0.138. The highest BCUT2D eigenvalue weighted by Gasteiger charge is 2.33. The van der Waals surface area contributed by atoms with Crippen molar-refractivity contribution >= 4 is 22.2 Å². The number of carbonyl (C=O) groups excluding carboxylic acids is 1. The van der Waals surface area contributed by atoms with Crippen LogP contribution in [-0.4, -0.2) is 6.29 Å². The number of carbonyl (C=O) groups is 1. The second-order valence-corrected chi connectivity index (χ2v) is 3.59. The maximum absolute atomic E-state index is 12.4. The summed E-state index contributed by atoms with van der Waals surface area (Å²) in [6.07, 6.45) is -4.18. The van der Waals surface area contributed by atoms with Gasteiger partial charge in [0.05, 0.1) is 5.56 Å². The maximum atomic E-state index is 12.4. The molecule has 0 aromatic heterocycles. The van der Waals surface area contributed by atoms with E-state index < -0.39 is 11.7 Å². The van der Waals surface area contributed by atoms with Crippen LogP contribution in [0.3, 0.4) is 0 Å². The van der Waals surface area contributed by atoms with Crippen molar-refractivity contribution in [1.29, 1.82) is 0 Å². The topological polar surface area (TPSA) is 17.1 Å². The van der Waals surface area contributed by atoms with E-state index in [0.717, 1.165) is 6.07 Å². The molecule has 0 bridgehead atoms. The second-order valence-electron chi connectivity index (χ2n) is 2.67. The number of hydrogen-bond donors (Lipinski definition) is 0. The van der Waals surface area contributed by atoms with Crippen LogP contribution in [-0.2, 0) is 17.4 Å². The van der Waals surface area contributed by atoms with Gasteiger partial charge in [0.15, 0.2) is 0 Å². The Hall–Kier alpha value is -0.840. The van der Waals surface area contributed by atoms with Crippen molar-refractivity contribution in [1.82, 2.24) is 0 Å². The summed E-state index contributed by atoms with van der Waals surface area (Å²) >= 11 is 2.95. The first-order valence-corrected chi connectivity index (χ1v) is 4.53. The van der Waals surface area contributed by atoms with E-state index in [-0.39, 0.29) is 12.0 Å². The van der Waals surface area contributed by atoms with Crippen LogP contribution < -0.4 is 0 Å². The molecule has 1 aromatic carbocycles. The summed E-state index contributed by atoms with van der Waals surface area (Å²) in [5, 5.41) is 0. The summed E-state index contributed by atoms with van der Waals surface area (Å²) in [4.78, 5) is 10.2. The SMILES string of the molecule is O=CCc1ccc(Br)cc1C(F)(F)F. The maximum Gasteiger partial charge on any atom is 0.416 e. The molecule has 0 saturated heterocycles. The molecule has 0 fully saturated rings. The van der Waals surface area contributed by atoms with Gasteiger partial charge < -0.3 is 4.79 Å². The molecule has 0 heterocycles. The van der Waals surface area contributed by atoms with Crippen molar-refractivity contribution in [3.63, 3.8) is 0 Å². The van der Waals surface area contributed by atoms with Crippen LogP contribution in [0.4, 0.5) is 13.2 Å². The van der Waals surface area contributed by atoms with E-state index in [9.17, 15) is 18.0 Å². The zero-order valence-electron chi connectivity index (χ0n) is 6.94. The summed E-state index contributed by atoms with van der Waals surface area (Å²) in [6.45, 7) is 0. The normalized spacial score (nSPS) is 11.4. The van der Waals surface area contributed by atoms with Gasteiger partial charge in [0.2, 0.25) is 0 Å². The van der Waals surface area contributed by atoms with Crippen molar-refractivity contribution in [2.75, 3.05) is 0 Å². The van der Waals surface area contributed by atoms with E-state index in [4.69, 9.17) is 0 Å². The van der Waals surface area contributed by atoms with Gasteiger partial charge in [0, 0.05) is 10.9 Å². The Morgan fingerprint density at radius 1 is 1.36 bits per heavy atom. The number of benzene rings is 1. The van der Waals surface area contributed by atoms with Gasteiger partial charge in [-0.05, 0) is 17.7 Å². The van der Waals surface area contributed by atoms with Crippen molar-refractivity contribution in [2.24, 2.45) is 0 Å². The van der Waals surface area contributed by atoms with Crippen molar-refractivity contribution in [2.45, 2.75) is 12.6 Å². The minimum absolute atomic E-state index is 0.00398. The predicted octanol–water partition coefficient (Wildman–Crippen LogP) is 3.21. The molecular formula is C9H6BrF3O. The van der Waals surface area contributed by atoms with Gasteiger partial charge in [0.1, 0.15) is 6.29 Å². The van der Waals surface area contributed by atoms with Crippen molar-refractivity contribution in [3.05, 3.63) is 33.8 Å². The molecule has 0 spiro atoms. The molecule has 0 saturated carbocycles. The number of halogens is 4. The van der Waals surface area contributed by atoms with Gasteiger partial charge in [-0.1, -0.05) is 22.0 Å². The van der Waals surface area contributed by atoms with Gasteiger partial charge in [0.25, 0.3) is 0 Å². The molecule has 0 aliphatic heterocycles. The molecular weight excluding hydrogens is 261 g/mol. The standard InChI is InChI=1S/C9H6BrF3O/c10-7-2-1-6(3-4-14)8(5-7)9(11,12)13/h1-2,4-5H,3H2. The average molecular weight is 267 g/mol. The number of rotatable bonds is 2. The molecule has 0 aliphatic carbocycles. The van der Waals surface area contributed by atoms with Gasteiger partial charge in [-0.3, -0.25) is 0 Å². The Kier molecular flexibility index (Phi) is 3.31. The summed E-state index contributed by atoms with van der Waals surface area (Å²) in [7, 11) is 0. The van der Waals surface area contributed by atoms with Crippen LogP contribution in [0.5, 0.6) is 0 Å². The van der Waals surface area contributed by atoms with Crippen LogP contribution in [0.1, 0.15) is 11.1 Å². The van der Waals surface area contributed by atoms with Gasteiger partial charge in [-0.15, -0.1) is 0 Å². The van der Waals surface area contributed by atoms with Crippen LogP contribution in [0.2, 0.25) is 0 Å². The molecule has 0 N–H and O–H groups in total. The molecule has 0 unspecified atom stereocenters. The molecule has 1 aromatic rings. The Bertz CT molecular complexity index is 346. The fraction of sp³-hybridized carbons (Fsp3) is 0.222. The largest absolute Gasteiger partial charge is 0.416 e. The first-order chi connectivity index (χ1) is 6.45. The Morgan fingerprint density at radius 2 is 2.00 bits per heavy atom. The lowest BCUT2D eigenvalue weighted by Gasteiger charge is -2.11. The van der Waals surface area contributed by atoms with Gasteiger partial charge in [-0.2, -0.15) is 13.2 Å². The lowest BCUT2D eigenvalue weighted by Crippen LogP contribution is -2.09. The van der Waals surface area contributed by atoms with Crippen molar-refractivity contribution < 1.29 is 18.0 Å². The molecule has 76 valence electrons. The van der Waals surface area contributed by atoms with Gasteiger partial charge in [-0.25, -0.2) is 0 Å². The molecule has 1 nitrogen and oxygen atoms in total. The van der Waals surface area contributed by atoms with Crippen molar-refractivity contribution in [3.8, 4) is 0 Å². The molecule has 5 heteroatoms. The smallest absolute Gasteiger partial charge is 0.303 e. The first kappa shape index (κ1) is 11.2. The zero-order valence-corrected chi connectivity index (χ0v) is 8.52. The summed E-state index contributed by atoms with van der Waals surface area (Å²) in [5.41, 5.74) is -0.769. The highest BCUT2D eigenvalue weighted by molar-refractivity contribution is 9.10. The first-order valence-electron chi connectivity index (χ1n) is 3.74. The number of aldehydes is 1. The van der Waals surface area contributed by atoms with Crippen LogP contribution >= 0.6 is 15.9 Å². The third-order valence-electron chi connectivity index (χ3n) is 1.68. The van der Waals surface area contributed by atoms with Crippen LogP contribution in [0.15, 0.2) is 22.7 Å². The monoisotopic (exact) mass is 266 g/mol. The molecule has 0 atom stereocenters. The fourth-order valence-electron chi connectivity index (χ4n) is 1.08. The fourth-order valence-corrected chi connectivity index (χ4v) is 1.44. The van der Waals surface area contributed by atoms with E-state index in [0.29, 0.717) is 10.8 Å². The van der Waals surface area contributed by atoms with E-state index in [1.165, 1.54) is 12.1 Å². The molecule has 0 radical (unpaired) electrons. The molecule has 14 heavy (non-hydrogen) atoms. The Morgan fingerprint density at radius 3 is 2.50 bits per heavy atom. The highest BCUT2D eigenvalue weighted by atomic mass is 79.9. The van der Waals surface area contributed by atoms with Crippen LogP contribution in [0.25, 0.3) is 0 Å². The van der Waals surface area contributed by atoms with E-state index in [2.05, 4.69) is 15.9 Å². The van der Waals surface area contributed by atoms with Crippen LogP contribution in [0, 0.1) is 0 Å². The number of hydrogen-bond acceptors (Lipinski definition) is 1. The number of alkyl halides is 3. The third-order valence-corrected chi connectivity index (χ3v) is 2.17. The lowest BCUT2D eigenvalue weighted by atomic mass is 10.1. The zero-order chi connectivity index (χ0) is 10.8. The molecule has 1 rings (SSSR count). The van der Waals surface area contributed by atoms with Gasteiger partial charge >= 0.3 is 6.18 Å². The molecule has 0 aliphatic rings.